The first kappa shape index (κ1) is 19.6. The summed E-state index contributed by atoms with van der Waals surface area (Å²) in [6, 6.07) is 9.77. The molecule has 10 heteroatoms. The number of hydrogen-bond acceptors (Lipinski definition) is 6. The Morgan fingerprint density at radius 3 is 2.50 bits per heavy atom. The van der Waals surface area contributed by atoms with Gasteiger partial charge in [0.15, 0.2) is 0 Å². The molecule has 2 aromatic rings. The Morgan fingerprint density at radius 1 is 1.18 bits per heavy atom. The van der Waals surface area contributed by atoms with Gasteiger partial charge in [-0.2, -0.15) is 18.4 Å². The lowest BCUT2D eigenvalue weighted by atomic mass is 10.1. The molecule has 0 amide bonds. The molecular formula is C18H16F3N5O2. The van der Waals surface area contributed by atoms with Crippen molar-refractivity contribution in [3.05, 3.63) is 63.3 Å². The summed E-state index contributed by atoms with van der Waals surface area (Å²) < 4.78 is 38.5. The van der Waals surface area contributed by atoms with Crippen LogP contribution >= 0.6 is 0 Å². The molecule has 0 N–H and O–H groups in total. The number of benzene rings is 1. The number of alkyl halides is 3. The highest BCUT2D eigenvalue weighted by molar-refractivity contribution is 5.51. The first-order valence-electron chi connectivity index (χ1n) is 8.47. The third-order valence-corrected chi connectivity index (χ3v) is 4.52. The number of nitrogens with zero attached hydrogens (tertiary/aromatic N) is 5. The van der Waals surface area contributed by atoms with Crippen molar-refractivity contribution >= 4 is 11.5 Å². The summed E-state index contributed by atoms with van der Waals surface area (Å²) >= 11 is 0. The molecule has 3 rings (SSSR count). The van der Waals surface area contributed by atoms with E-state index in [1.807, 2.05) is 9.80 Å². The van der Waals surface area contributed by atoms with Crippen LogP contribution < -0.4 is 4.90 Å². The fourth-order valence-electron chi connectivity index (χ4n) is 3.09. The van der Waals surface area contributed by atoms with Crippen LogP contribution in [0.2, 0.25) is 0 Å². The summed E-state index contributed by atoms with van der Waals surface area (Å²) in [6.07, 6.45) is -4.37. The molecule has 1 aromatic heterocycles. The Balaban J connectivity index is 1.64. The molecule has 1 aliphatic heterocycles. The highest BCUT2D eigenvalue weighted by atomic mass is 19.4. The molecule has 2 heterocycles. The second kappa shape index (κ2) is 7.82. The van der Waals surface area contributed by atoms with Crippen molar-refractivity contribution in [1.82, 2.24) is 9.88 Å². The van der Waals surface area contributed by atoms with Gasteiger partial charge in [0, 0.05) is 38.8 Å². The lowest BCUT2D eigenvalue weighted by molar-refractivity contribution is -0.385. The topological polar surface area (TPSA) is 86.3 Å². The maximum atomic E-state index is 12.8. The van der Waals surface area contributed by atoms with Crippen molar-refractivity contribution in [2.45, 2.75) is 12.7 Å². The van der Waals surface area contributed by atoms with Gasteiger partial charge in [0.1, 0.15) is 11.9 Å². The molecule has 7 nitrogen and oxygen atoms in total. The molecule has 146 valence electrons. The quantitative estimate of drug-likeness (QED) is 0.588. The Hall–Kier alpha value is -3.19. The minimum atomic E-state index is -4.37. The zero-order valence-electron chi connectivity index (χ0n) is 14.7. The zero-order valence-corrected chi connectivity index (χ0v) is 14.7. The van der Waals surface area contributed by atoms with E-state index in [2.05, 4.69) is 4.98 Å². The maximum absolute atomic E-state index is 12.8. The van der Waals surface area contributed by atoms with Crippen molar-refractivity contribution in [2.24, 2.45) is 0 Å². The fraction of sp³-hybridized carbons (Fsp3) is 0.333. The second-order valence-corrected chi connectivity index (χ2v) is 6.37. The normalized spacial score (nSPS) is 15.3. The Labute approximate surface area is 158 Å². The molecule has 28 heavy (non-hydrogen) atoms. The van der Waals surface area contributed by atoms with Gasteiger partial charge >= 0.3 is 11.9 Å². The molecule has 0 atom stereocenters. The van der Waals surface area contributed by atoms with Gasteiger partial charge in [-0.25, -0.2) is 4.98 Å². The van der Waals surface area contributed by atoms with Crippen molar-refractivity contribution < 1.29 is 18.1 Å². The lowest BCUT2D eigenvalue weighted by Crippen LogP contribution is -2.46. The molecule has 0 radical (unpaired) electrons. The highest BCUT2D eigenvalue weighted by Gasteiger charge is 2.30. The molecule has 1 fully saturated rings. The van der Waals surface area contributed by atoms with Gasteiger partial charge in [0.25, 0.3) is 0 Å². The predicted octanol–water partition coefficient (Wildman–Crippen LogP) is 3.20. The van der Waals surface area contributed by atoms with E-state index in [-0.39, 0.29) is 11.4 Å². The molecule has 0 spiro atoms. The van der Waals surface area contributed by atoms with E-state index in [9.17, 15) is 23.3 Å². The molecule has 0 bridgehead atoms. The maximum Gasteiger partial charge on any atom is 0.416 e. The number of pyridine rings is 1. The van der Waals surface area contributed by atoms with Gasteiger partial charge in [-0.15, -0.1) is 0 Å². The Kier molecular flexibility index (Phi) is 5.46. The van der Waals surface area contributed by atoms with Crippen LogP contribution in [0.15, 0.2) is 36.4 Å². The fourth-order valence-corrected chi connectivity index (χ4v) is 3.09. The lowest BCUT2D eigenvalue weighted by Gasteiger charge is -2.35. The summed E-state index contributed by atoms with van der Waals surface area (Å²) in [5, 5.41) is 19.9. The predicted molar refractivity (Wildman–Crippen MR) is 94.5 cm³/mol. The summed E-state index contributed by atoms with van der Waals surface area (Å²) in [5.41, 5.74) is -0.658. The molecule has 0 aliphatic carbocycles. The van der Waals surface area contributed by atoms with Gasteiger partial charge in [-0.05, 0) is 17.7 Å². The molecular weight excluding hydrogens is 375 g/mol. The van der Waals surface area contributed by atoms with E-state index in [1.54, 1.807) is 12.1 Å². The van der Waals surface area contributed by atoms with Gasteiger partial charge < -0.3 is 4.90 Å². The number of hydrogen-bond donors (Lipinski definition) is 0. The van der Waals surface area contributed by atoms with Gasteiger partial charge in [-0.1, -0.05) is 18.2 Å². The number of halogens is 3. The zero-order chi connectivity index (χ0) is 20.3. The first-order valence-corrected chi connectivity index (χ1v) is 8.47. The van der Waals surface area contributed by atoms with Gasteiger partial charge in [-0.3, -0.25) is 15.0 Å². The van der Waals surface area contributed by atoms with Gasteiger partial charge in [0.05, 0.1) is 10.5 Å². The van der Waals surface area contributed by atoms with E-state index in [0.717, 1.165) is 12.1 Å². The molecule has 0 saturated carbocycles. The van der Waals surface area contributed by atoms with Crippen molar-refractivity contribution in [1.29, 1.82) is 5.26 Å². The van der Waals surface area contributed by atoms with Gasteiger partial charge in [0.2, 0.25) is 5.69 Å². The first-order chi connectivity index (χ1) is 13.3. The minimum absolute atomic E-state index is 0.242. The van der Waals surface area contributed by atoms with E-state index in [0.29, 0.717) is 44.1 Å². The van der Waals surface area contributed by atoms with Crippen molar-refractivity contribution in [3.8, 4) is 6.07 Å². The molecule has 0 unspecified atom stereocenters. The van der Waals surface area contributed by atoms with Crippen LogP contribution in [0.3, 0.4) is 0 Å². The number of nitriles is 1. The van der Waals surface area contributed by atoms with Crippen molar-refractivity contribution in [3.63, 3.8) is 0 Å². The molecule has 1 aromatic carbocycles. The highest BCUT2D eigenvalue weighted by Crippen LogP contribution is 2.30. The molecule has 1 aliphatic rings. The third-order valence-electron chi connectivity index (χ3n) is 4.52. The number of aromatic nitrogens is 1. The van der Waals surface area contributed by atoms with Crippen LogP contribution in [-0.4, -0.2) is 41.0 Å². The van der Waals surface area contributed by atoms with Crippen LogP contribution in [0.4, 0.5) is 24.7 Å². The van der Waals surface area contributed by atoms with Crippen LogP contribution in [0.5, 0.6) is 0 Å². The van der Waals surface area contributed by atoms with Crippen LogP contribution in [0.1, 0.15) is 16.8 Å². The summed E-state index contributed by atoms with van der Waals surface area (Å²) in [4.78, 5) is 18.2. The standard InChI is InChI=1S/C18H16F3N5O2/c19-18(20,21)14-3-1-2-13(10-14)12-24-6-8-25(9-7-24)17-5-4-16(26(27)28)15(11-22)23-17/h1-5,10H,6-9,12H2. The van der Waals surface area contributed by atoms with E-state index >= 15 is 0 Å². The van der Waals surface area contributed by atoms with E-state index in [1.165, 1.54) is 18.2 Å². The average molecular weight is 391 g/mol. The monoisotopic (exact) mass is 391 g/mol. The summed E-state index contributed by atoms with van der Waals surface area (Å²) in [7, 11) is 0. The van der Waals surface area contributed by atoms with E-state index in [4.69, 9.17) is 5.26 Å². The second-order valence-electron chi connectivity index (χ2n) is 6.37. The molecule has 1 saturated heterocycles. The van der Waals surface area contributed by atoms with E-state index < -0.39 is 16.7 Å². The smallest absolute Gasteiger partial charge is 0.354 e. The minimum Gasteiger partial charge on any atom is -0.354 e. The SMILES string of the molecule is N#Cc1nc(N2CCN(Cc3cccc(C(F)(F)F)c3)CC2)ccc1[N+](=O)[O-]. The summed E-state index contributed by atoms with van der Waals surface area (Å²) in [6.45, 7) is 2.69. The van der Waals surface area contributed by atoms with Crippen molar-refractivity contribution in [2.75, 3.05) is 31.1 Å². The number of nitro groups is 1. The average Bonchev–Trinajstić information content (AvgIpc) is 2.67. The van der Waals surface area contributed by atoms with Crippen LogP contribution in [0, 0.1) is 21.4 Å². The number of rotatable bonds is 4. The Morgan fingerprint density at radius 2 is 1.89 bits per heavy atom. The number of piperazine rings is 1. The van der Waals surface area contributed by atoms with Crippen LogP contribution in [0.25, 0.3) is 0 Å². The third kappa shape index (κ3) is 4.37. The summed E-state index contributed by atoms with van der Waals surface area (Å²) in [5.74, 6) is 0.473. The van der Waals surface area contributed by atoms with Crippen LogP contribution in [-0.2, 0) is 12.7 Å². The Bertz CT molecular complexity index is 918. The largest absolute Gasteiger partial charge is 0.416 e. The number of anilines is 1.